The van der Waals surface area contributed by atoms with E-state index in [-0.39, 0.29) is 0 Å². The van der Waals surface area contributed by atoms with Crippen molar-refractivity contribution in [2.45, 2.75) is 19.8 Å². The zero-order valence-electron chi connectivity index (χ0n) is 14.8. The minimum atomic E-state index is 0.480. The van der Waals surface area contributed by atoms with Crippen LogP contribution in [0.2, 0.25) is 0 Å². The maximum absolute atomic E-state index is 5.26. The number of rotatable bonds is 6. The Labute approximate surface area is 151 Å². The maximum Gasteiger partial charge on any atom is 0.261 e. The standard InChI is InChI=1S/C19H20N6O/c1-13-22-19(26-24-13)14-7-5-11-20-18(14)21-12-6-10-17-23-15-8-3-4-9-16(15)25(17)2/h3-5,7-9,11H,6,10,12H2,1-2H3,(H,20,21). The first-order valence-corrected chi connectivity index (χ1v) is 8.62. The van der Waals surface area contributed by atoms with Crippen molar-refractivity contribution in [1.29, 1.82) is 0 Å². The molecule has 7 nitrogen and oxygen atoms in total. The summed E-state index contributed by atoms with van der Waals surface area (Å²) < 4.78 is 7.42. The largest absolute Gasteiger partial charge is 0.369 e. The van der Waals surface area contributed by atoms with Gasteiger partial charge in [0.1, 0.15) is 11.6 Å². The molecule has 0 atom stereocenters. The summed E-state index contributed by atoms with van der Waals surface area (Å²) >= 11 is 0. The molecule has 0 fully saturated rings. The Kier molecular flexibility index (Phi) is 4.35. The highest BCUT2D eigenvalue weighted by atomic mass is 16.5. The van der Waals surface area contributed by atoms with Crippen LogP contribution in [0.3, 0.4) is 0 Å². The first-order chi connectivity index (χ1) is 12.7. The quantitative estimate of drug-likeness (QED) is 0.538. The molecule has 1 aromatic carbocycles. The van der Waals surface area contributed by atoms with E-state index in [0.717, 1.165) is 47.6 Å². The van der Waals surface area contributed by atoms with E-state index in [0.29, 0.717) is 11.7 Å². The molecule has 0 aliphatic rings. The van der Waals surface area contributed by atoms with Gasteiger partial charge in [0.2, 0.25) is 0 Å². The highest BCUT2D eigenvalue weighted by Gasteiger charge is 2.12. The number of pyridine rings is 1. The molecule has 0 aliphatic heterocycles. The molecule has 7 heteroatoms. The summed E-state index contributed by atoms with van der Waals surface area (Å²) in [6, 6.07) is 12.0. The van der Waals surface area contributed by atoms with Gasteiger partial charge in [-0.05, 0) is 37.6 Å². The molecule has 26 heavy (non-hydrogen) atoms. The second-order valence-electron chi connectivity index (χ2n) is 6.15. The molecular weight excluding hydrogens is 328 g/mol. The fourth-order valence-electron chi connectivity index (χ4n) is 3.00. The highest BCUT2D eigenvalue weighted by Crippen LogP contribution is 2.24. The predicted octanol–water partition coefficient (Wildman–Crippen LogP) is 3.37. The molecular formula is C19H20N6O. The summed E-state index contributed by atoms with van der Waals surface area (Å²) in [4.78, 5) is 13.4. The number of imidazole rings is 1. The number of nitrogens with zero attached hydrogens (tertiary/aromatic N) is 5. The molecule has 3 aromatic heterocycles. The zero-order valence-corrected chi connectivity index (χ0v) is 14.8. The molecule has 3 heterocycles. The number of aryl methyl sites for hydroxylation is 3. The van der Waals surface area contributed by atoms with Crippen molar-refractivity contribution >= 4 is 16.9 Å². The van der Waals surface area contributed by atoms with Crippen LogP contribution in [-0.4, -0.2) is 31.2 Å². The van der Waals surface area contributed by atoms with Crippen LogP contribution in [0.4, 0.5) is 5.82 Å². The zero-order chi connectivity index (χ0) is 17.9. The van der Waals surface area contributed by atoms with E-state index in [4.69, 9.17) is 9.51 Å². The number of anilines is 1. The third-order valence-corrected chi connectivity index (χ3v) is 4.32. The van der Waals surface area contributed by atoms with Crippen molar-refractivity contribution in [3.63, 3.8) is 0 Å². The second-order valence-corrected chi connectivity index (χ2v) is 6.15. The third-order valence-electron chi connectivity index (χ3n) is 4.32. The Morgan fingerprint density at radius 1 is 1.12 bits per heavy atom. The average molecular weight is 348 g/mol. The normalized spacial score (nSPS) is 11.2. The van der Waals surface area contributed by atoms with Crippen molar-refractivity contribution < 1.29 is 4.52 Å². The fourth-order valence-corrected chi connectivity index (χ4v) is 3.00. The molecule has 1 N–H and O–H groups in total. The Bertz CT molecular complexity index is 1040. The van der Waals surface area contributed by atoms with E-state index in [9.17, 15) is 0 Å². The predicted molar refractivity (Wildman–Crippen MR) is 99.8 cm³/mol. The van der Waals surface area contributed by atoms with Gasteiger partial charge >= 0.3 is 0 Å². The molecule has 0 radical (unpaired) electrons. The lowest BCUT2D eigenvalue weighted by Crippen LogP contribution is -2.07. The van der Waals surface area contributed by atoms with Crippen LogP contribution in [0.1, 0.15) is 18.1 Å². The summed E-state index contributed by atoms with van der Waals surface area (Å²) in [5.41, 5.74) is 3.02. The SMILES string of the molecule is Cc1noc(-c2cccnc2NCCCc2nc3ccccc3n2C)n1. The van der Waals surface area contributed by atoms with Gasteiger partial charge in [-0.15, -0.1) is 0 Å². The fraction of sp³-hybridized carbons (Fsp3) is 0.263. The molecule has 0 aliphatic carbocycles. The van der Waals surface area contributed by atoms with Gasteiger partial charge in [0.15, 0.2) is 5.82 Å². The molecule has 0 saturated carbocycles. The lowest BCUT2D eigenvalue weighted by Gasteiger charge is -2.08. The number of hydrogen-bond acceptors (Lipinski definition) is 6. The van der Waals surface area contributed by atoms with Gasteiger partial charge in [0.25, 0.3) is 5.89 Å². The summed E-state index contributed by atoms with van der Waals surface area (Å²) in [5, 5.41) is 7.22. The summed E-state index contributed by atoms with van der Waals surface area (Å²) in [7, 11) is 2.06. The Morgan fingerprint density at radius 3 is 2.81 bits per heavy atom. The van der Waals surface area contributed by atoms with Crippen LogP contribution in [0.25, 0.3) is 22.5 Å². The van der Waals surface area contributed by atoms with Crippen molar-refractivity contribution in [1.82, 2.24) is 24.7 Å². The minimum absolute atomic E-state index is 0.480. The number of benzene rings is 1. The smallest absolute Gasteiger partial charge is 0.261 e. The van der Waals surface area contributed by atoms with E-state index < -0.39 is 0 Å². The van der Waals surface area contributed by atoms with Gasteiger partial charge in [0.05, 0.1) is 16.6 Å². The molecule has 0 bridgehead atoms. The number of aromatic nitrogens is 5. The summed E-state index contributed by atoms with van der Waals surface area (Å²) in [6.07, 6.45) is 3.58. The molecule has 0 spiro atoms. The third kappa shape index (κ3) is 3.15. The van der Waals surface area contributed by atoms with Crippen molar-refractivity contribution in [3.8, 4) is 11.5 Å². The topological polar surface area (TPSA) is 81.7 Å². The second kappa shape index (κ2) is 6.95. The molecule has 4 rings (SSSR count). The summed E-state index contributed by atoms with van der Waals surface area (Å²) in [5.74, 6) is 2.92. The first-order valence-electron chi connectivity index (χ1n) is 8.62. The van der Waals surface area contributed by atoms with Crippen molar-refractivity contribution in [2.75, 3.05) is 11.9 Å². The van der Waals surface area contributed by atoms with Crippen molar-refractivity contribution in [3.05, 3.63) is 54.2 Å². The lowest BCUT2D eigenvalue weighted by atomic mass is 10.2. The monoisotopic (exact) mass is 348 g/mol. The number of hydrogen-bond donors (Lipinski definition) is 1. The van der Waals surface area contributed by atoms with Gasteiger partial charge in [-0.2, -0.15) is 4.98 Å². The van der Waals surface area contributed by atoms with Crippen LogP contribution in [0, 0.1) is 6.92 Å². The van der Waals surface area contributed by atoms with Crippen LogP contribution >= 0.6 is 0 Å². The molecule has 0 saturated heterocycles. The van der Waals surface area contributed by atoms with Crippen molar-refractivity contribution in [2.24, 2.45) is 7.05 Å². The van der Waals surface area contributed by atoms with Gasteiger partial charge in [-0.25, -0.2) is 9.97 Å². The molecule has 0 unspecified atom stereocenters. The average Bonchev–Trinajstić information content (AvgIpc) is 3.23. The number of fused-ring (bicyclic) bond motifs is 1. The highest BCUT2D eigenvalue weighted by molar-refractivity contribution is 5.75. The minimum Gasteiger partial charge on any atom is -0.369 e. The van der Waals surface area contributed by atoms with Gasteiger partial charge in [-0.1, -0.05) is 17.3 Å². The van der Waals surface area contributed by atoms with E-state index in [1.165, 1.54) is 0 Å². The summed E-state index contributed by atoms with van der Waals surface area (Å²) in [6.45, 7) is 2.58. The van der Waals surface area contributed by atoms with Crippen LogP contribution in [0.15, 0.2) is 47.1 Å². The number of para-hydroxylation sites is 2. The van der Waals surface area contributed by atoms with Gasteiger partial charge in [-0.3, -0.25) is 0 Å². The molecule has 0 amide bonds. The van der Waals surface area contributed by atoms with E-state index in [2.05, 4.69) is 38.1 Å². The lowest BCUT2D eigenvalue weighted by molar-refractivity contribution is 0.425. The van der Waals surface area contributed by atoms with Crippen LogP contribution < -0.4 is 5.32 Å². The van der Waals surface area contributed by atoms with Crippen LogP contribution in [-0.2, 0) is 13.5 Å². The Morgan fingerprint density at radius 2 is 2.00 bits per heavy atom. The maximum atomic E-state index is 5.26. The van der Waals surface area contributed by atoms with Crippen LogP contribution in [0.5, 0.6) is 0 Å². The van der Waals surface area contributed by atoms with E-state index in [1.54, 1.807) is 13.1 Å². The molecule has 132 valence electrons. The van der Waals surface area contributed by atoms with E-state index in [1.807, 2.05) is 30.3 Å². The molecule has 4 aromatic rings. The van der Waals surface area contributed by atoms with Gasteiger partial charge in [0, 0.05) is 26.2 Å². The van der Waals surface area contributed by atoms with E-state index >= 15 is 0 Å². The Balaban J connectivity index is 1.41. The number of nitrogens with one attached hydrogen (secondary N) is 1. The first kappa shape index (κ1) is 16.3. The van der Waals surface area contributed by atoms with Gasteiger partial charge < -0.3 is 14.4 Å². The Hall–Kier alpha value is -3.22.